The van der Waals surface area contributed by atoms with Gasteiger partial charge < -0.3 is 10.6 Å². The Morgan fingerprint density at radius 3 is 2.57 bits per heavy atom. The van der Waals surface area contributed by atoms with Crippen LogP contribution in [0.25, 0.3) is 0 Å². The number of aliphatic imine (C=N–C) groups is 1. The lowest BCUT2D eigenvalue weighted by Crippen LogP contribution is -2.55. The molecular formula is C24H30ClN3. The molecule has 4 heteroatoms. The van der Waals surface area contributed by atoms with E-state index in [1.807, 2.05) is 18.2 Å². The minimum absolute atomic E-state index is 0.0864. The Morgan fingerprint density at radius 2 is 1.86 bits per heavy atom. The van der Waals surface area contributed by atoms with Gasteiger partial charge in [-0.15, -0.1) is 0 Å². The molecule has 0 radical (unpaired) electrons. The maximum absolute atomic E-state index is 6.16. The van der Waals surface area contributed by atoms with Crippen molar-refractivity contribution in [3.05, 3.63) is 59.1 Å². The molecule has 0 bridgehead atoms. The third-order valence-electron chi connectivity index (χ3n) is 6.65. The van der Waals surface area contributed by atoms with Gasteiger partial charge in [-0.05, 0) is 67.3 Å². The van der Waals surface area contributed by atoms with Crippen molar-refractivity contribution in [2.45, 2.75) is 58.0 Å². The van der Waals surface area contributed by atoms with E-state index in [-0.39, 0.29) is 5.54 Å². The molecule has 1 saturated carbocycles. The number of hydrogen-bond acceptors (Lipinski definition) is 2. The fraction of sp³-hybridized carbons (Fsp3) is 0.458. The Balaban J connectivity index is 1.61. The van der Waals surface area contributed by atoms with Gasteiger partial charge in [-0.2, -0.15) is 0 Å². The summed E-state index contributed by atoms with van der Waals surface area (Å²) in [5, 5.41) is 8.29. The molecule has 148 valence electrons. The summed E-state index contributed by atoms with van der Waals surface area (Å²) in [5.41, 5.74) is 3.36. The van der Waals surface area contributed by atoms with Crippen LogP contribution in [0.5, 0.6) is 0 Å². The van der Waals surface area contributed by atoms with E-state index >= 15 is 0 Å². The standard InChI is InChI=1S/C24H30ClN3/c1-3-17(2)19-11-13-24(14-12-19)23(26-16-18-7-6-8-20(25)15-18)27-21-9-4-5-10-22(21)28-24/h4-10,15,17,19,28H,3,11-14,16H2,1-2H3,(H,26,27). The molecule has 0 saturated heterocycles. The Hall–Kier alpha value is -2.00. The predicted molar refractivity (Wildman–Crippen MR) is 120 cm³/mol. The van der Waals surface area contributed by atoms with Crippen LogP contribution in [-0.2, 0) is 6.54 Å². The second-order valence-corrected chi connectivity index (χ2v) is 8.83. The molecule has 2 N–H and O–H groups in total. The largest absolute Gasteiger partial charge is 0.371 e. The van der Waals surface area contributed by atoms with Crippen LogP contribution in [0.2, 0.25) is 5.02 Å². The fourth-order valence-electron chi connectivity index (χ4n) is 4.66. The Kier molecular flexibility index (Phi) is 5.63. The topological polar surface area (TPSA) is 36.4 Å². The van der Waals surface area contributed by atoms with Gasteiger partial charge in [0.1, 0.15) is 5.84 Å². The molecule has 4 rings (SSSR count). The molecule has 2 aromatic rings. The predicted octanol–water partition coefficient (Wildman–Crippen LogP) is 6.75. The van der Waals surface area contributed by atoms with Crippen LogP contribution in [0.1, 0.15) is 51.5 Å². The van der Waals surface area contributed by atoms with Gasteiger partial charge in [-0.25, -0.2) is 0 Å². The number of hydrogen-bond donors (Lipinski definition) is 2. The van der Waals surface area contributed by atoms with Crippen LogP contribution in [0, 0.1) is 11.8 Å². The summed E-state index contributed by atoms with van der Waals surface area (Å²) < 4.78 is 0. The number of anilines is 2. The van der Waals surface area contributed by atoms with E-state index in [1.54, 1.807) is 0 Å². The molecule has 0 aromatic heterocycles. The molecule has 1 unspecified atom stereocenters. The Labute approximate surface area is 173 Å². The molecule has 0 amide bonds. The number of halogens is 1. The zero-order chi connectivity index (χ0) is 19.6. The lowest BCUT2D eigenvalue weighted by atomic mass is 9.70. The van der Waals surface area contributed by atoms with Crippen molar-refractivity contribution in [3.63, 3.8) is 0 Å². The van der Waals surface area contributed by atoms with Crippen LogP contribution in [0.3, 0.4) is 0 Å². The average molecular weight is 396 g/mol. The molecule has 1 atom stereocenters. The summed E-state index contributed by atoms with van der Waals surface area (Å²) >= 11 is 6.16. The first kappa shape index (κ1) is 19.3. The molecule has 3 nitrogen and oxygen atoms in total. The zero-order valence-electron chi connectivity index (χ0n) is 16.8. The van der Waals surface area contributed by atoms with Crippen LogP contribution in [0.15, 0.2) is 53.5 Å². The average Bonchev–Trinajstić information content (AvgIpc) is 2.72. The second-order valence-electron chi connectivity index (χ2n) is 8.40. The van der Waals surface area contributed by atoms with Gasteiger partial charge in [0, 0.05) is 5.02 Å². The number of amidine groups is 1. The van der Waals surface area contributed by atoms with Gasteiger partial charge in [-0.1, -0.05) is 56.1 Å². The van der Waals surface area contributed by atoms with Gasteiger partial charge >= 0.3 is 0 Å². The lowest BCUT2D eigenvalue weighted by molar-refractivity contribution is 0.228. The third-order valence-corrected chi connectivity index (χ3v) is 6.88. The van der Waals surface area contributed by atoms with Crippen molar-refractivity contribution < 1.29 is 0 Å². The summed E-state index contributed by atoms with van der Waals surface area (Å²) in [6.45, 7) is 5.35. The summed E-state index contributed by atoms with van der Waals surface area (Å²) in [7, 11) is 0. The number of rotatable bonds is 4. The van der Waals surface area contributed by atoms with Crippen molar-refractivity contribution in [3.8, 4) is 0 Å². The highest BCUT2D eigenvalue weighted by Crippen LogP contribution is 2.43. The van der Waals surface area contributed by atoms with Crippen molar-refractivity contribution in [2.75, 3.05) is 10.6 Å². The van der Waals surface area contributed by atoms with Crippen molar-refractivity contribution >= 4 is 28.8 Å². The number of nitrogens with one attached hydrogen (secondary N) is 2. The maximum Gasteiger partial charge on any atom is 0.127 e. The van der Waals surface area contributed by atoms with E-state index in [9.17, 15) is 0 Å². The Bertz CT molecular complexity index is 852. The van der Waals surface area contributed by atoms with E-state index in [1.165, 1.54) is 24.9 Å². The Morgan fingerprint density at radius 1 is 1.11 bits per heavy atom. The van der Waals surface area contributed by atoms with Gasteiger partial charge in [0.25, 0.3) is 0 Å². The zero-order valence-corrected chi connectivity index (χ0v) is 17.6. The number of para-hydroxylation sites is 2. The summed E-state index contributed by atoms with van der Waals surface area (Å²) in [6.07, 6.45) is 6.02. The fourth-order valence-corrected chi connectivity index (χ4v) is 4.87. The van der Waals surface area contributed by atoms with Crippen LogP contribution in [0.4, 0.5) is 11.4 Å². The normalized spacial score (nSPS) is 26.4. The highest BCUT2D eigenvalue weighted by molar-refractivity contribution is 6.30. The molecule has 2 aromatic carbocycles. The lowest BCUT2D eigenvalue weighted by Gasteiger charge is -2.46. The molecule has 28 heavy (non-hydrogen) atoms. The van der Waals surface area contributed by atoms with E-state index in [0.717, 1.165) is 46.8 Å². The number of nitrogens with zero attached hydrogens (tertiary/aromatic N) is 1. The molecular weight excluding hydrogens is 366 g/mol. The quantitative estimate of drug-likeness (QED) is 0.600. The first-order valence-electron chi connectivity index (χ1n) is 10.5. The summed E-state index contributed by atoms with van der Waals surface area (Å²) in [6, 6.07) is 16.4. The molecule has 1 aliphatic carbocycles. The van der Waals surface area contributed by atoms with E-state index < -0.39 is 0 Å². The number of fused-ring (bicyclic) bond motifs is 1. The molecule has 1 heterocycles. The first-order chi connectivity index (χ1) is 13.6. The van der Waals surface area contributed by atoms with Crippen molar-refractivity contribution in [1.82, 2.24) is 0 Å². The van der Waals surface area contributed by atoms with Gasteiger partial charge in [0.15, 0.2) is 0 Å². The highest BCUT2D eigenvalue weighted by Gasteiger charge is 2.43. The van der Waals surface area contributed by atoms with Crippen LogP contribution < -0.4 is 10.6 Å². The van der Waals surface area contributed by atoms with Crippen LogP contribution >= 0.6 is 11.6 Å². The van der Waals surface area contributed by atoms with Crippen molar-refractivity contribution in [1.29, 1.82) is 0 Å². The summed E-state index contributed by atoms with van der Waals surface area (Å²) in [4.78, 5) is 5.04. The van der Waals surface area contributed by atoms with E-state index in [0.29, 0.717) is 6.54 Å². The molecule has 2 aliphatic rings. The molecule has 1 spiro atoms. The maximum atomic E-state index is 6.16. The minimum Gasteiger partial charge on any atom is -0.371 e. The van der Waals surface area contributed by atoms with Crippen molar-refractivity contribution in [2.24, 2.45) is 16.8 Å². The smallest absolute Gasteiger partial charge is 0.127 e. The molecule has 1 fully saturated rings. The number of benzene rings is 2. The summed E-state index contributed by atoms with van der Waals surface area (Å²) in [5.74, 6) is 2.70. The van der Waals surface area contributed by atoms with E-state index in [4.69, 9.17) is 16.6 Å². The second kappa shape index (κ2) is 8.16. The van der Waals surface area contributed by atoms with Crippen LogP contribution in [-0.4, -0.2) is 11.4 Å². The van der Waals surface area contributed by atoms with Gasteiger partial charge in [0.2, 0.25) is 0 Å². The SMILES string of the molecule is CCC(C)C1CCC2(CC1)Nc1ccccc1NC2=NCc1cccc(Cl)c1. The first-order valence-corrected chi connectivity index (χ1v) is 10.9. The van der Waals surface area contributed by atoms with Gasteiger partial charge in [-0.3, -0.25) is 4.99 Å². The monoisotopic (exact) mass is 395 g/mol. The highest BCUT2D eigenvalue weighted by atomic mass is 35.5. The van der Waals surface area contributed by atoms with E-state index in [2.05, 4.69) is 54.8 Å². The van der Waals surface area contributed by atoms with Gasteiger partial charge in [0.05, 0.1) is 23.5 Å². The molecule has 1 aliphatic heterocycles. The third kappa shape index (κ3) is 3.91. The minimum atomic E-state index is -0.0864.